The average Bonchev–Trinajstić information content (AvgIpc) is 2.86. The monoisotopic (exact) mass is 242 g/mol. The minimum atomic E-state index is 0.230. The fourth-order valence-corrected chi connectivity index (χ4v) is 2.76. The molecule has 0 bridgehead atoms. The maximum atomic E-state index is 6.10. The first-order chi connectivity index (χ1) is 8.88. The summed E-state index contributed by atoms with van der Waals surface area (Å²) in [6.07, 6.45) is 5.51. The van der Waals surface area contributed by atoms with Gasteiger partial charge in [-0.1, -0.05) is 18.2 Å². The van der Waals surface area contributed by atoms with Crippen LogP contribution in [0, 0.1) is 5.92 Å². The van der Waals surface area contributed by atoms with Gasteiger partial charge >= 0.3 is 0 Å². The first-order valence-electron chi connectivity index (χ1n) is 6.59. The van der Waals surface area contributed by atoms with Gasteiger partial charge in [-0.15, -0.1) is 0 Å². The third-order valence-electron chi connectivity index (χ3n) is 3.79. The van der Waals surface area contributed by atoms with E-state index in [4.69, 9.17) is 10.5 Å². The number of benzene rings is 1. The van der Waals surface area contributed by atoms with Gasteiger partial charge in [0.25, 0.3) is 0 Å². The Bertz CT molecular complexity index is 536. The second-order valence-electron chi connectivity index (χ2n) is 4.92. The summed E-state index contributed by atoms with van der Waals surface area (Å²) in [4.78, 5) is 4.38. The summed E-state index contributed by atoms with van der Waals surface area (Å²) < 4.78 is 6.10. The van der Waals surface area contributed by atoms with Gasteiger partial charge in [0.05, 0.1) is 0 Å². The van der Waals surface area contributed by atoms with Crippen molar-refractivity contribution in [2.45, 2.75) is 25.4 Å². The summed E-state index contributed by atoms with van der Waals surface area (Å²) in [7, 11) is 0. The molecule has 0 saturated heterocycles. The van der Waals surface area contributed by atoms with E-state index in [1.165, 1.54) is 18.2 Å². The number of rotatable bonds is 3. The van der Waals surface area contributed by atoms with Crippen LogP contribution in [-0.2, 0) is 0 Å². The number of ether oxygens (including phenoxy) is 1. The number of hydrogen-bond donors (Lipinski definition) is 1. The molecule has 1 aromatic carbocycles. The molecule has 94 valence electrons. The van der Waals surface area contributed by atoms with Crippen molar-refractivity contribution in [1.82, 2.24) is 4.98 Å². The molecule has 1 heterocycles. The molecular formula is C15H18N2O. The summed E-state index contributed by atoms with van der Waals surface area (Å²) in [5, 5.41) is 2.26. The third-order valence-corrected chi connectivity index (χ3v) is 3.79. The first-order valence-corrected chi connectivity index (χ1v) is 6.59. The van der Waals surface area contributed by atoms with Gasteiger partial charge in [-0.3, -0.25) is 0 Å². The molecule has 1 aliphatic carbocycles. The Hall–Kier alpha value is -1.61. The first kappa shape index (κ1) is 11.5. The second-order valence-corrected chi connectivity index (χ2v) is 4.92. The van der Waals surface area contributed by atoms with Crippen LogP contribution in [0.15, 0.2) is 36.5 Å². The molecule has 0 spiro atoms. The zero-order valence-corrected chi connectivity index (χ0v) is 10.4. The smallest absolute Gasteiger partial charge is 0.221 e. The van der Waals surface area contributed by atoms with Crippen molar-refractivity contribution in [3.63, 3.8) is 0 Å². The van der Waals surface area contributed by atoms with Crippen molar-refractivity contribution in [1.29, 1.82) is 0 Å². The fourth-order valence-electron chi connectivity index (χ4n) is 2.76. The quantitative estimate of drug-likeness (QED) is 0.900. The lowest BCUT2D eigenvalue weighted by Crippen LogP contribution is -2.28. The van der Waals surface area contributed by atoms with Gasteiger partial charge in [-0.2, -0.15) is 0 Å². The molecule has 1 fully saturated rings. The van der Waals surface area contributed by atoms with Crippen LogP contribution in [0.3, 0.4) is 0 Å². The predicted molar refractivity (Wildman–Crippen MR) is 72.6 cm³/mol. The average molecular weight is 242 g/mol. The van der Waals surface area contributed by atoms with E-state index < -0.39 is 0 Å². The fraction of sp³-hybridized carbons (Fsp3) is 0.400. The molecular weight excluding hydrogens is 224 g/mol. The number of hydrogen-bond acceptors (Lipinski definition) is 3. The standard InChI is InChI=1S/C15H18N2O/c16-10-12-5-3-7-14(12)18-15-13-6-2-1-4-11(13)8-9-17-15/h1-2,4,6,8-9,12,14H,3,5,7,10,16H2. The Labute approximate surface area is 107 Å². The molecule has 2 unspecified atom stereocenters. The Morgan fingerprint density at radius 1 is 1.22 bits per heavy atom. The zero-order valence-electron chi connectivity index (χ0n) is 10.4. The summed E-state index contributed by atoms with van der Waals surface area (Å²) >= 11 is 0. The molecule has 2 aromatic rings. The number of aromatic nitrogens is 1. The molecule has 0 radical (unpaired) electrons. The van der Waals surface area contributed by atoms with E-state index in [0.29, 0.717) is 12.5 Å². The molecule has 0 aliphatic heterocycles. The van der Waals surface area contributed by atoms with Crippen molar-refractivity contribution < 1.29 is 4.74 Å². The topological polar surface area (TPSA) is 48.1 Å². The van der Waals surface area contributed by atoms with Gasteiger partial charge in [0.15, 0.2) is 0 Å². The number of nitrogens with zero attached hydrogens (tertiary/aromatic N) is 1. The van der Waals surface area contributed by atoms with Gasteiger partial charge in [-0.25, -0.2) is 4.98 Å². The summed E-state index contributed by atoms with van der Waals surface area (Å²) in [5.41, 5.74) is 5.79. The molecule has 1 saturated carbocycles. The summed E-state index contributed by atoms with van der Waals surface area (Å²) in [5.74, 6) is 1.23. The van der Waals surface area contributed by atoms with Gasteiger partial charge < -0.3 is 10.5 Å². The largest absolute Gasteiger partial charge is 0.474 e. The highest BCUT2D eigenvalue weighted by molar-refractivity contribution is 5.86. The SMILES string of the molecule is NCC1CCCC1Oc1nccc2ccccc12. The lowest BCUT2D eigenvalue weighted by molar-refractivity contribution is 0.158. The van der Waals surface area contributed by atoms with E-state index in [0.717, 1.165) is 17.7 Å². The molecule has 3 heteroatoms. The number of nitrogens with two attached hydrogens (primary N) is 1. The van der Waals surface area contributed by atoms with E-state index >= 15 is 0 Å². The molecule has 18 heavy (non-hydrogen) atoms. The predicted octanol–water partition coefficient (Wildman–Crippen LogP) is 2.74. The summed E-state index contributed by atoms with van der Waals surface area (Å²) in [6.45, 7) is 0.704. The van der Waals surface area contributed by atoms with Gasteiger partial charge in [0.1, 0.15) is 6.10 Å². The Morgan fingerprint density at radius 3 is 3.00 bits per heavy atom. The van der Waals surface area contributed by atoms with Crippen LogP contribution in [0.4, 0.5) is 0 Å². The third kappa shape index (κ3) is 2.06. The Balaban J connectivity index is 1.90. The van der Waals surface area contributed by atoms with Gasteiger partial charge in [0, 0.05) is 17.5 Å². The Morgan fingerprint density at radius 2 is 2.11 bits per heavy atom. The van der Waals surface area contributed by atoms with Crippen LogP contribution in [0.5, 0.6) is 5.88 Å². The van der Waals surface area contributed by atoms with Crippen LogP contribution in [0.1, 0.15) is 19.3 Å². The minimum Gasteiger partial charge on any atom is -0.474 e. The van der Waals surface area contributed by atoms with Crippen molar-refractivity contribution in [2.75, 3.05) is 6.54 Å². The highest BCUT2D eigenvalue weighted by Crippen LogP contribution is 2.31. The van der Waals surface area contributed by atoms with E-state index in [-0.39, 0.29) is 6.10 Å². The van der Waals surface area contributed by atoms with Crippen molar-refractivity contribution in [2.24, 2.45) is 11.7 Å². The normalized spacial score (nSPS) is 23.4. The van der Waals surface area contributed by atoms with Crippen molar-refractivity contribution in [3.8, 4) is 5.88 Å². The molecule has 1 aliphatic rings. The summed E-state index contributed by atoms with van der Waals surface area (Å²) in [6, 6.07) is 10.2. The minimum absolute atomic E-state index is 0.230. The van der Waals surface area contributed by atoms with E-state index in [9.17, 15) is 0 Å². The lowest BCUT2D eigenvalue weighted by Gasteiger charge is -2.19. The van der Waals surface area contributed by atoms with Crippen LogP contribution >= 0.6 is 0 Å². The van der Waals surface area contributed by atoms with Crippen LogP contribution in [0.25, 0.3) is 10.8 Å². The highest BCUT2D eigenvalue weighted by Gasteiger charge is 2.28. The van der Waals surface area contributed by atoms with E-state index in [1.54, 1.807) is 0 Å². The number of pyridine rings is 1. The number of fused-ring (bicyclic) bond motifs is 1. The lowest BCUT2D eigenvalue weighted by atomic mass is 10.1. The molecule has 2 N–H and O–H groups in total. The van der Waals surface area contributed by atoms with E-state index in [2.05, 4.69) is 17.1 Å². The second kappa shape index (κ2) is 4.94. The van der Waals surface area contributed by atoms with Gasteiger partial charge in [-0.05, 0) is 43.3 Å². The maximum absolute atomic E-state index is 6.10. The zero-order chi connectivity index (χ0) is 12.4. The maximum Gasteiger partial charge on any atom is 0.221 e. The van der Waals surface area contributed by atoms with Crippen LogP contribution in [-0.4, -0.2) is 17.6 Å². The molecule has 3 nitrogen and oxygen atoms in total. The van der Waals surface area contributed by atoms with Crippen molar-refractivity contribution in [3.05, 3.63) is 36.5 Å². The molecule has 3 rings (SSSR count). The molecule has 1 aromatic heterocycles. The van der Waals surface area contributed by atoms with Crippen LogP contribution in [0.2, 0.25) is 0 Å². The Kier molecular flexibility index (Phi) is 3.15. The van der Waals surface area contributed by atoms with Crippen LogP contribution < -0.4 is 10.5 Å². The molecule has 2 atom stereocenters. The van der Waals surface area contributed by atoms with Crippen molar-refractivity contribution >= 4 is 10.8 Å². The van der Waals surface area contributed by atoms with E-state index in [1.807, 2.05) is 24.4 Å². The highest BCUT2D eigenvalue weighted by atomic mass is 16.5. The van der Waals surface area contributed by atoms with Gasteiger partial charge in [0.2, 0.25) is 5.88 Å². The molecule has 0 amide bonds.